The van der Waals surface area contributed by atoms with Crippen molar-refractivity contribution in [2.75, 3.05) is 23.7 Å². The average molecular weight is 589 g/mol. The summed E-state index contributed by atoms with van der Waals surface area (Å²) < 4.78 is 63.0. The molecule has 1 aliphatic rings. The first-order valence-electron chi connectivity index (χ1n) is 13.1. The van der Waals surface area contributed by atoms with Gasteiger partial charge in [-0.05, 0) is 36.6 Å². The molecule has 2 atom stereocenters. The molecule has 0 spiro atoms. The number of alkyl halides is 2. The summed E-state index contributed by atoms with van der Waals surface area (Å²) in [7, 11) is 0. The number of nitrogens with zero attached hydrogens (tertiary/aromatic N) is 6. The number of nitrogen functional groups attached to an aromatic ring is 1. The molecule has 1 fully saturated rings. The van der Waals surface area contributed by atoms with Crippen LogP contribution < -0.4 is 21.1 Å². The summed E-state index contributed by atoms with van der Waals surface area (Å²) in [5, 5.41) is 10.2. The smallest absolute Gasteiger partial charge is 0.311 e. The zero-order valence-corrected chi connectivity index (χ0v) is 22.5. The van der Waals surface area contributed by atoms with Gasteiger partial charge < -0.3 is 30.8 Å². The minimum absolute atomic E-state index is 0.0658. The number of anilines is 2. The molecule has 4 heterocycles. The molecule has 0 aliphatic carbocycles. The van der Waals surface area contributed by atoms with E-state index in [1.165, 1.54) is 25.8 Å². The van der Waals surface area contributed by atoms with Crippen LogP contribution in [-0.2, 0) is 11.3 Å². The van der Waals surface area contributed by atoms with Gasteiger partial charge in [0.1, 0.15) is 17.9 Å². The lowest BCUT2D eigenvalue weighted by atomic mass is 9.84. The summed E-state index contributed by atoms with van der Waals surface area (Å²) in [6.45, 7) is 1.96. The maximum absolute atomic E-state index is 14.8. The Labute approximate surface area is 237 Å². The van der Waals surface area contributed by atoms with E-state index in [0.717, 1.165) is 12.1 Å². The summed E-state index contributed by atoms with van der Waals surface area (Å²) >= 11 is 0. The van der Waals surface area contributed by atoms with Gasteiger partial charge in [0.15, 0.2) is 23.1 Å². The molecule has 0 saturated carbocycles. The number of pyridine rings is 1. The Balaban J connectivity index is 1.57. The van der Waals surface area contributed by atoms with E-state index in [-0.39, 0.29) is 43.0 Å². The molecule has 3 aromatic heterocycles. The van der Waals surface area contributed by atoms with Crippen LogP contribution in [0.5, 0.6) is 5.75 Å². The number of fused-ring (bicyclic) bond motifs is 1. The molecule has 0 unspecified atom stereocenters. The van der Waals surface area contributed by atoms with Gasteiger partial charge in [-0.2, -0.15) is 0 Å². The van der Waals surface area contributed by atoms with Gasteiger partial charge in [-0.3, -0.25) is 9.78 Å². The Morgan fingerprint density at radius 2 is 1.90 bits per heavy atom. The summed E-state index contributed by atoms with van der Waals surface area (Å²) in [5.74, 6) is -3.60. The fourth-order valence-electron chi connectivity index (χ4n) is 5.06. The Morgan fingerprint density at radius 3 is 2.60 bits per heavy atom. The van der Waals surface area contributed by atoms with Crippen LogP contribution in [-0.4, -0.2) is 66.7 Å². The van der Waals surface area contributed by atoms with Crippen molar-refractivity contribution in [2.45, 2.75) is 50.8 Å². The zero-order valence-electron chi connectivity index (χ0n) is 22.5. The summed E-state index contributed by atoms with van der Waals surface area (Å²) in [6, 6.07) is 3.59. The lowest BCUT2D eigenvalue weighted by Crippen LogP contribution is -2.63. The minimum atomic E-state index is -3.03. The first-order valence-corrected chi connectivity index (χ1v) is 13.1. The number of rotatable bonds is 8. The quantitative estimate of drug-likeness (QED) is 0.159. The zero-order chi connectivity index (χ0) is 30.2. The number of benzene rings is 1. The van der Waals surface area contributed by atoms with E-state index < -0.39 is 41.4 Å². The van der Waals surface area contributed by atoms with E-state index in [1.807, 2.05) is 0 Å². The molecule has 15 heteroatoms. The fourth-order valence-corrected chi connectivity index (χ4v) is 5.06. The van der Waals surface area contributed by atoms with Gasteiger partial charge in [-0.15, -0.1) is 0 Å². The second-order valence-corrected chi connectivity index (χ2v) is 10.1. The summed E-state index contributed by atoms with van der Waals surface area (Å²) in [6.07, 6.45) is -0.289. The first-order chi connectivity index (χ1) is 20.0. The highest BCUT2D eigenvalue weighted by Crippen LogP contribution is 2.34. The average Bonchev–Trinajstić information content (AvgIpc) is 3.38. The molecular weight excluding hydrogens is 560 g/mol. The number of hydrogen-bond acceptors (Lipinski definition) is 10. The van der Waals surface area contributed by atoms with Gasteiger partial charge in [0.05, 0.1) is 36.0 Å². The van der Waals surface area contributed by atoms with Crippen molar-refractivity contribution < 1.29 is 32.2 Å². The van der Waals surface area contributed by atoms with Crippen LogP contribution >= 0.6 is 0 Å². The number of hydrogen-bond donors (Lipinski definition) is 3. The van der Waals surface area contributed by atoms with Gasteiger partial charge in [-0.1, -0.05) is 6.92 Å². The maximum atomic E-state index is 14.8. The van der Waals surface area contributed by atoms with Crippen LogP contribution in [0, 0.1) is 11.6 Å². The number of ether oxygens (including phenoxy) is 1. The number of carbonyl (C=O) groups is 1. The molecule has 222 valence electrons. The summed E-state index contributed by atoms with van der Waals surface area (Å²) in [5.41, 5.74) is 12.7. The van der Waals surface area contributed by atoms with Crippen LogP contribution in [0.25, 0.3) is 22.4 Å². The van der Waals surface area contributed by atoms with Gasteiger partial charge in [-0.25, -0.2) is 32.5 Å². The largest absolute Gasteiger partial charge is 0.420 e. The Morgan fingerprint density at radius 1 is 1.17 bits per heavy atom. The lowest BCUT2D eigenvalue weighted by molar-refractivity contribution is -0.134. The van der Waals surface area contributed by atoms with E-state index in [9.17, 15) is 27.5 Å². The molecular formula is C27H28F4N8O3. The minimum Gasteiger partial charge on any atom is -0.420 e. The maximum Gasteiger partial charge on any atom is 0.311 e. The third-order valence-electron chi connectivity index (χ3n) is 7.26. The molecule has 0 bridgehead atoms. The highest BCUT2D eigenvalue weighted by molar-refractivity contribution is 5.81. The van der Waals surface area contributed by atoms with Crippen molar-refractivity contribution in [3.63, 3.8) is 0 Å². The van der Waals surface area contributed by atoms with Crippen molar-refractivity contribution in [2.24, 2.45) is 5.73 Å². The fraction of sp³-hybridized carbons (Fsp3) is 0.370. The van der Waals surface area contributed by atoms with E-state index in [4.69, 9.17) is 16.2 Å². The Kier molecular flexibility index (Phi) is 7.97. The van der Waals surface area contributed by atoms with Crippen molar-refractivity contribution >= 4 is 28.6 Å². The number of halogens is 4. The molecule has 1 aromatic carbocycles. The SMILES string of the molecule is CCC(=O)Oc1c(F)cc(-c2cc(Cn3cnc4c(N)ncnc43)c(N3CCC[C@](N)([C@@H](O)C(F)F)C3)cn2)cc1F. The normalized spacial score (nSPS) is 18.0. The first kappa shape index (κ1) is 29.1. The van der Waals surface area contributed by atoms with E-state index in [1.54, 1.807) is 15.5 Å². The molecule has 42 heavy (non-hydrogen) atoms. The third-order valence-corrected chi connectivity index (χ3v) is 7.26. The number of esters is 1. The Bertz CT molecular complexity index is 1610. The number of nitrogens with two attached hydrogens (primary N) is 2. The third kappa shape index (κ3) is 5.56. The highest BCUT2D eigenvalue weighted by atomic mass is 19.3. The number of piperidine rings is 1. The molecule has 0 radical (unpaired) electrons. The van der Waals surface area contributed by atoms with E-state index >= 15 is 0 Å². The standard InChI is InChI=1S/C27H28F4N8O3/c1-2-20(40)42-22-16(28)6-14(7-17(22)29)18-8-15(10-39-13-37-21-25(32)35-12-36-26(21)39)19(9-34-18)38-5-3-4-27(33,11-38)23(41)24(30)31/h6-9,12-13,23-24,41H,2-5,10-11,33H2,1H3,(H2,32,35,36)/t23-,27+/m0/s1. The highest BCUT2D eigenvalue weighted by Gasteiger charge is 2.43. The monoisotopic (exact) mass is 588 g/mol. The Hall–Kier alpha value is -4.37. The molecule has 5 N–H and O–H groups in total. The molecule has 1 saturated heterocycles. The molecule has 5 rings (SSSR count). The van der Waals surface area contributed by atoms with Gasteiger partial charge in [0.2, 0.25) is 5.75 Å². The van der Waals surface area contributed by atoms with Crippen molar-refractivity contribution in [1.29, 1.82) is 0 Å². The molecule has 1 aliphatic heterocycles. The van der Waals surface area contributed by atoms with Gasteiger partial charge >= 0.3 is 5.97 Å². The number of imidazole rings is 1. The number of aliphatic hydroxyl groups is 1. The lowest BCUT2D eigenvalue weighted by Gasteiger charge is -2.44. The van der Waals surface area contributed by atoms with Crippen molar-refractivity contribution in [3.05, 3.63) is 54.2 Å². The van der Waals surface area contributed by atoms with Crippen LogP contribution in [0.3, 0.4) is 0 Å². The van der Waals surface area contributed by atoms with Crippen LogP contribution in [0.15, 0.2) is 37.1 Å². The second-order valence-electron chi connectivity index (χ2n) is 10.1. The molecule has 4 aromatic rings. The number of aromatic nitrogens is 5. The van der Waals surface area contributed by atoms with Crippen LogP contribution in [0.2, 0.25) is 0 Å². The van der Waals surface area contributed by atoms with Crippen LogP contribution in [0.4, 0.5) is 29.1 Å². The number of aliphatic hydroxyl groups excluding tert-OH is 1. The van der Waals surface area contributed by atoms with Gasteiger partial charge in [0, 0.05) is 25.1 Å². The summed E-state index contributed by atoms with van der Waals surface area (Å²) in [4.78, 5) is 30.2. The van der Waals surface area contributed by atoms with Gasteiger partial charge in [0.25, 0.3) is 6.43 Å². The molecule has 0 amide bonds. The topological polar surface area (TPSA) is 158 Å². The van der Waals surface area contributed by atoms with E-state index in [0.29, 0.717) is 35.4 Å². The predicted molar refractivity (Wildman–Crippen MR) is 145 cm³/mol. The van der Waals surface area contributed by atoms with Crippen molar-refractivity contribution in [3.8, 4) is 17.0 Å². The van der Waals surface area contributed by atoms with E-state index in [2.05, 4.69) is 19.9 Å². The predicted octanol–water partition coefficient (Wildman–Crippen LogP) is 3.04. The number of carbonyl (C=O) groups excluding carboxylic acids is 1. The second kappa shape index (κ2) is 11.5. The molecule has 11 nitrogen and oxygen atoms in total. The van der Waals surface area contributed by atoms with Crippen LogP contribution in [0.1, 0.15) is 31.7 Å². The van der Waals surface area contributed by atoms with Crippen molar-refractivity contribution in [1.82, 2.24) is 24.5 Å².